The molecule has 0 amide bonds. The van der Waals surface area contributed by atoms with E-state index < -0.39 is 0 Å². The van der Waals surface area contributed by atoms with Crippen molar-refractivity contribution >= 4 is 39.8 Å². The SMILES string of the molecule is NC(=S)c1nccn1-c1ncc(I)cn1. The van der Waals surface area contributed by atoms with Crippen molar-refractivity contribution in [2.75, 3.05) is 0 Å². The first kappa shape index (κ1) is 10.4. The van der Waals surface area contributed by atoms with E-state index in [-0.39, 0.29) is 4.99 Å². The number of nitrogens with two attached hydrogens (primary N) is 1. The van der Waals surface area contributed by atoms with Crippen LogP contribution in [0.2, 0.25) is 0 Å². The van der Waals surface area contributed by atoms with Crippen molar-refractivity contribution in [2.24, 2.45) is 5.73 Å². The topological polar surface area (TPSA) is 69.6 Å². The Labute approximate surface area is 105 Å². The van der Waals surface area contributed by atoms with Crippen LogP contribution in [0.5, 0.6) is 0 Å². The summed E-state index contributed by atoms with van der Waals surface area (Å²) < 4.78 is 2.62. The van der Waals surface area contributed by atoms with Crippen LogP contribution in [0.15, 0.2) is 24.8 Å². The molecule has 0 aliphatic rings. The van der Waals surface area contributed by atoms with E-state index in [1.165, 1.54) is 0 Å². The van der Waals surface area contributed by atoms with Gasteiger partial charge in [-0.1, -0.05) is 12.2 Å². The van der Waals surface area contributed by atoms with Crippen LogP contribution in [0.3, 0.4) is 0 Å². The lowest BCUT2D eigenvalue weighted by molar-refractivity contribution is 0.911. The van der Waals surface area contributed by atoms with Gasteiger partial charge in [-0.2, -0.15) is 0 Å². The van der Waals surface area contributed by atoms with Gasteiger partial charge < -0.3 is 5.73 Å². The summed E-state index contributed by atoms with van der Waals surface area (Å²) in [5.74, 6) is 1.00. The fraction of sp³-hybridized carbons (Fsp3) is 0. The normalized spacial score (nSPS) is 10.2. The summed E-state index contributed by atoms with van der Waals surface area (Å²) in [6.45, 7) is 0. The van der Waals surface area contributed by atoms with Gasteiger partial charge in [0.25, 0.3) is 0 Å². The molecule has 2 aromatic rings. The molecule has 0 fully saturated rings. The van der Waals surface area contributed by atoms with Crippen LogP contribution in [0.1, 0.15) is 5.82 Å². The zero-order valence-corrected chi connectivity index (χ0v) is 10.4. The predicted octanol–water partition coefficient (Wildman–Crippen LogP) is 0.901. The molecule has 2 aromatic heterocycles. The minimum absolute atomic E-state index is 0.224. The Bertz CT molecular complexity index is 492. The lowest BCUT2D eigenvalue weighted by Gasteiger charge is -2.03. The van der Waals surface area contributed by atoms with Gasteiger partial charge >= 0.3 is 0 Å². The monoisotopic (exact) mass is 331 g/mol. The van der Waals surface area contributed by atoms with Crippen LogP contribution in [-0.4, -0.2) is 24.5 Å². The van der Waals surface area contributed by atoms with Crippen molar-refractivity contribution in [3.8, 4) is 5.95 Å². The first-order chi connectivity index (χ1) is 7.18. The van der Waals surface area contributed by atoms with Crippen molar-refractivity contribution in [1.82, 2.24) is 19.5 Å². The lowest BCUT2D eigenvalue weighted by atomic mass is 10.6. The number of nitrogens with zero attached hydrogens (tertiary/aromatic N) is 4. The van der Waals surface area contributed by atoms with Crippen LogP contribution in [0.25, 0.3) is 5.95 Å². The van der Waals surface area contributed by atoms with E-state index in [0.29, 0.717) is 11.8 Å². The summed E-state index contributed by atoms with van der Waals surface area (Å²) >= 11 is 7.00. The number of halogens is 1. The lowest BCUT2D eigenvalue weighted by Crippen LogP contribution is -2.17. The third-order valence-electron chi connectivity index (χ3n) is 1.68. The molecule has 0 atom stereocenters. The van der Waals surface area contributed by atoms with Gasteiger partial charge in [-0.25, -0.2) is 15.0 Å². The van der Waals surface area contributed by atoms with E-state index in [0.717, 1.165) is 3.57 Å². The first-order valence-corrected chi connectivity index (χ1v) is 5.48. The number of rotatable bonds is 2. The highest BCUT2D eigenvalue weighted by atomic mass is 127. The van der Waals surface area contributed by atoms with E-state index in [2.05, 4.69) is 37.5 Å². The Morgan fingerprint density at radius 3 is 2.60 bits per heavy atom. The molecule has 0 unspecified atom stereocenters. The number of imidazole rings is 1. The number of hydrogen-bond acceptors (Lipinski definition) is 4. The summed E-state index contributed by atoms with van der Waals surface area (Å²) in [6, 6.07) is 0. The maximum Gasteiger partial charge on any atom is 0.235 e. The second kappa shape index (κ2) is 4.19. The molecule has 0 aliphatic carbocycles. The zero-order valence-electron chi connectivity index (χ0n) is 7.46. The predicted molar refractivity (Wildman–Crippen MR) is 67.8 cm³/mol. The van der Waals surface area contributed by atoms with Crippen molar-refractivity contribution in [3.05, 3.63) is 34.2 Å². The number of thiocarbonyl (C=S) groups is 1. The fourth-order valence-electron chi connectivity index (χ4n) is 1.08. The Hall–Kier alpha value is -1.09. The van der Waals surface area contributed by atoms with Crippen molar-refractivity contribution in [3.63, 3.8) is 0 Å². The van der Waals surface area contributed by atoms with Gasteiger partial charge in [0.15, 0.2) is 5.82 Å². The molecule has 0 saturated heterocycles. The van der Waals surface area contributed by atoms with Crippen molar-refractivity contribution < 1.29 is 0 Å². The average molecular weight is 331 g/mol. The third-order valence-corrected chi connectivity index (χ3v) is 2.42. The number of hydrogen-bond donors (Lipinski definition) is 1. The largest absolute Gasteiger partial charge is 0.387 e. The summed E-state index contributed by atoms with van der Waals surface area (Å²) in [5, 5.41) is 0. The van der Waals surface area contributed by atoms with Gasteiger partial charge in [0.05, 0.1) is 0 Å². The van der Waals surface area contributed by atoms with E-state index in [9.17, 15) is 0 Å². The van der Waals surface area contributed by atoms with Gasteiger partial charge in [-0.15, -0.1) is 0 Å². The van der Waals surface area contributed by atoms with Gasteiger partial charge in [0, 0.05) is 28.4 Å². The molecule has 0 saturated carbocycles. The summed E-state index contributed by atoms with van der Waals surface area (Å²) in [7, 11) is 0. The average Bonchev–Trinajstić information content (AvgIpc) is 2.67. The zero-order chi connectivity index (χ0) is 10.8. The fourth-order valence-corrected chi connectivity index (χ4v) is 1.51. The maximum atomic E-state index is 5.52. The Morgan fingerprint density at radius 2 is 2.00 bits per heavy atom. The highest BCUT2D eigenvalue weighted by Gasteiger charge is 2.08. The molecule has 76 valence electrons. The molecule has 0 bridgehead atoms. The van der Waals surface area contributed by atoms with Crippen LogP contribution in [-0.2, 0) is 0 Å². The highest BCUT2D eigenvalue weighted by molar-refractivity contribution is 14.1. The van der Waals surface area contributed by atoms with Crippen LogP contribution in [0, 0.1) is 3.57 Å². The van der Waals surface area contributed by atoms with Gasteiger partial charge in [0.1, 0.15) is 4.99 Å². The van der Waals surface area contributed by atoms with E-state index in [4.69, 9.17) is 18.0 Å². The molecule has 15 heavy (non-hydrogen) atoms. The minimum atomic E-state index is 0.224. The standard InChI is InChI=1S/C8H6IN5S/c9-5-3-12-8(13-4-5)14-2-1-11-7(14)6(10)15/h1-4H,(H2,10,15). The molecule has 2 rings (SSSR count). The third kappa shape index (κ3) is 2.12. The second-order valence-electron chi connectivity index (χ2n) is 2.69. The quantitative estimate of drug-likeness (QED) is 0.654. The van der Waals surface area contributed by atoms with E-state index in [1.54, 1.807) is 29.4 Å². The second-order valence-corrected chi connectivity index (χ2v) is 4.37. The van der Waals surface area contributed by atoms with E-state index >= 15 is 0 Å². The number of aromatic nitrogens is 4. The van der Waals surface area contributed by atoms with Crippen LogP contribution in [0.4, 0.5) is 0 Å². The summed E-state index contributed by atoms with van der Waals surface area (Å²) in [6.07, 6.45) is 6.75. The summed E-state index contributed by atoms with van der Waals surface area (Å²) in [5.41, 5.74) is 5.52. The van der Waals surface area contributed by atoms with E-state index in [1.807, 2.05) is 0 Å². The molecule has 5 nitrogen and oxygen atoms in total. The van der Waals surface area contributed by atoms with Crippen LogP contribution >= 0.6 is 34.8 Å². The minimum Gasteiger partial charge on any atom is -0.387 e. The van der Waals surface area contributed by atoms with Gasteiger partial charge in [0.2, 0.25) is 5.95 Å². The highest BCUT2D eigenvalue weighted by Crippen LogP contribution is 2.06. The molecular formula is C8H6IN5S. The van der Waals surface area contributed by atoms with Gasteiger partial charge in [-0.05, 0) is 22.6 Å². The molecule has 7 heteroatoms. The molecular weight excluding hydrogens is 325 g/mol. The Morgan fingerprint density at radius 1 is 1.33 bits per heavy atom. The summed E-state index contributed by atoms with van der Waals surface area (Å²) in [4.78, 5) is 12.6. The van der Waals surface area contributed by atoms with Gasteiger partial charge in [-0.3, -0.25) is 4.57 Å². The van der Waals surface area contributed by atoms with Crippen molar-refractivity contribution in [1.29, 1.82) is 0 Å². The molecule has 0 aromatic carbocycles. The Balaban J connectivity index is 2.49. The maximum absolute atomic E-state index is 5.52. The van der Waals surface area contributed by atoms with Crippen LogP contribution < -0.4 is 5.73 Å². The molecule has 2 N–H and O–H groups in total. The molecule has 0 radical (unpaired) electrons. The van der Waals surface area contributed by atoms with Crippen molar-refractivity contribution in [2.45, 2.75) is 0 Å². The first-order valence-electron chi connectivity index (χ1n) is 3.99. The molecule has 0 spiro atoms. The smallest absolute Gasteiger partial charge is 0.235 e. The Kier molecular flexibility index (Phi) is 2.91. The molecule has 2 heterocycles. The molecule has 0 aliphatic heterocycles.